The van der Waals surface area contributed by atoms with Gasteiger partial charge in [0.15, 0.2) is 3.72 Å². The third-order valence-electron chi connectivity index (χ3n) is 0.747. The Labute approximate surface area is 73.2 Å². The lowest BCUT2D eigenvalue weighted by Crippen LogP contribution is -2.23. The molecule has 1 amide bonds. The first kappa shape index (κ1) is 9.83. The van der Waals surface area contributed by atoms with Gasteiger partial charge < -0.3 is 10.1 Å². The van der Waals surface area contributed by atoms with Gasteiger partial charge in [-0.3, -0.25) is 4.79 Å². The molecule has 0 aliphatic rings. The van der Waals surface area contributed by atoms with Crippen LogP contribution in [0, 0.1) is 0 Å². The van der Waals surface area contributed by atoms with Crippen LogP contribution in [0.25, 0.3) is 0 Å². The summed E-state index contributed by atoms with van der Waals surface area (Å²) < 4.78 is 5.04. The van der Waals surface area contributed by atoms with Gasteiger partial charge in [-0.1, -0.05) is 0 Å². The second-order valence-electron chi connectivity index (χ2n) is 1.45. The molecule has 0 spiro atoms. The van der Waals surface area contributed by atoms with Crippen LogP contribution < -0.4 is 5.32 Å². The highest BCUT2D eigenvalue weighted by atomic mass is 127. The van der Waals surface area contributed by atoms with Crippen LogP contribution in [0.15, 0.2) is 4.99 Å². The zero-order chi connectivity index (χ0) is 7.98. The largest absolute Gasteiger partial charge is 0.363 e. The van der Waals surface area contributed by atoms with Gasteiger partial charge in [-0.25, -0.2) is 4.99 Å². The minimum absolute atomic E-state index is 0.183. The third kappa shape index (κ3) is 3.78. The van der Waals surface area contributed by atoms with E-state index in [-0.39, 0.29) is 12.6 Å². The zero-order valence-electron chi connectivity index (χ0n) is 5.85. The van der Waals surface area contributed by atoms with Crippen LogP contribution in [0.5, 0.6) is 0 Å². The molecule has 0 rings (SSSR count). The average molecular weight is 256 g/mol. The van der Waals surface area contributed by atoms with Crippen molar-refractivity contribution in [1.29, 1.82) is 0 Å². The number of amides is 1. The maximum atomic E-state index is 10.7. The predicted molar refractivity (Wildman–Crippen MR) is 47.4 cm³/mol. The molecule has 1 N–H and O–H groups in total. The molecule has 0 unspecified atom stereocenters. The van der Waals surface area contributed by atoms with Crippen molar-refractivity contribution < 1.29 is 9.53 Å². The normalized spacial score (nSPS) is 11.3. The van der Waals surface area contributed by atoms with E-state index in [1.807, 2.05) is 22.6 Å². The molecule has 0 atom stereocenters. The molecule has 0 fully saturated rings. The summed E-state index contributed by atoms with van der Waals surface area (Å²) in [5.74, 6) is -0.183. The minimum Gasteiger partial charge on any atom is -0.363 e. The highest BCUT2D eigenvalue weighted by Crippen LogP contribution is 1.90. The molecule has 0 aliphatic carbocycles. The molecule has 4 nitrogen and oxygen atoms in total. The number of carbonyl (C=O) groups is 1. The van der Waals surface area contributed by atoms with Gasteiger partial charge in [0.2, 0.25) is 0 Å². The molecule has 0 saturated carbocycles. The Bertz CT molecular complexity index is 147. The monoisotopic (exact) mass is 256 g/mol. The summed E-state index contributed by atoms with van der Waals surface area (Å²) in [6.07, 6.45) is 0. The number of rotatable bonds is 3. The highest BCUT2D eigenvalue weighted by molar-refractivity contribution is 14.1. The van der Waals surface area contributed by atoms with Gasteiger partial charge >= 0.3 is 0 Å². The van der Waals surface area contributed by atoms with Crippen LogP contribution in [0.2, 0.25) is 0 Å². The van der Waals surface area contributed by atoms with Crippen molar-refractivity contribution in [2.45, 2.75) is 0 Å². The van der Waals surface area contributed by atoms with Crippen LogP contribution in [0.3, 0.4) is 0 Å². The molecule has 10 heavy (non-hydrogen) atoms. The molecule has 0 saturated heterocycles. The number of ether oxygens (including phenoxy) is 1. The van der Waals surface area contributed by atoms with Crippen molar-refractivity contribution in [3.8, 4) is 0 Å². The van der Waals surface area contributed by atoms with E-state index in [4.69, 9.17) is 0 Å². The predicted octanol–water partition coefficient (Wildman–Crippen LogP) is 0.170. The Kier molecular flexibility index (Phi) is 5.51. The average Bonchev–Trinajstić information content (AvgIpc) is 1.98. The smallest absolute Gasteiger partial charge is 0.275 e. The molecular weight excluding hydrogens is 247 g/mol. The van der Waals surface area contributed by atoms with Gasteiger partial charge in [-0.05, 0) is 22.6 Å². The van der Waals surface area contributed by atoms with Crippen LogP contribution in [0.1, 0.15) is 0 Å². The summed E-state index contributed by atoms with van der Waals surface area (Å²) in [6, 6.07) is 0. The number of hydrogen-bond donors (Lipinski definition) is 1. The van der Waals surface area contributed by atoms with E-state index in [1.165, 1.54) is 7.11 Å². The lowest BCUT2D eigenvalue weighted by Gasteiger charge is -1.95. The second kappa shape index (κ2) is 5.60. The van der Waals surface area contributed by atoms with E-state index in [0.717, 1.165) is 0 Å². The first-order chi connectivity index (χ1) is 4.72. The van der Waals surface area contributed by atoms with Crippen LogP contribution >= 0.6 is 22.6 Å². The molecule has 58 valence electrons. The third-order valence-corrected chi connectivity index (χ3v) is 1.58. The Morgan fingerprint density at radius 2 is 2.40 bits per heavy atom. The Morgan fingerprint density at radius 3 is 2.80 bits per heavy atom. The van der Waals surface area contributed by atoms with Gasteiger partial charge in [0.25, 0.3) is 5.91 Å². The van der Waals surface area contributed by atoms with Gasteiger partial charge in [0.05, 0.1) is 0 Å². The maximum absolute atomic E-state index is 10.7. The lowest BCUT2D eigenvalue weighted by atomic mass is 10.7. The summed E-state index contributed by atoms with van der Waals surface area (Å²) in [4.78, 5) is 14.5. The number of methoxy groups -OCH3 is 1. The van der Waals surface area contributed by atoms with Crippen LogP contribution in [-0.4, -0.2) is 30.5 Å². The van der Waals surface area contributed by atoms with Crippen molar-refractivity contribution in [2.24, 2.45) is 4.99 Å². The fourth-order valence-electron chi connectivity index (χ4n) is 0.296. The topological polar surface area (TPSA) is 50.7 Å². The second-order valence-corrected chi connectivity index (χ2v) is 2.47. The minimum atomic E-state index is -0.183. The fraction of sp³-hybridized carbons (Fsp3) is 0.600. The van der Waals surface area contributed by atoms with E-state index >= 15 is 0 Å². The Balaban J connectivity index is 3.80. The molecule has 0 radical (unpaired) electrons. The molecule has 0 heterocycles. The number of nitrogens with zero attached hydrogens (tertiary/aromatic N) is 1. The van der Waals surface area contributed by atoms with Crippen molar-refractivity contribution in [3.05, 3.63) is 0 Å². The van der Waals surface area contributed by atoms with E-state index in [9.17, 15) is 4.79 Å². The van der Waals surface area contributed by atoms with Crippen LogP contribution in [0.4, 0.5) is 0 Å². The van der Waals surface area contributed by atoms with E-state index in [1.54, 1.807) is 7.05 Å². The molecule has 0 aromatic heterocycles. The maximum Gasteiger partial charge on any atom is 0.275 e. The summed E-state index contributed by atoms with van der Waals surface area (Å²) in [5.41, 5.74) is 0. The van der Waals surface area contributed by atoms with Crippen LogP contribution in [-0.2, 0) is 9.53 Å². The Morgan fingerprint density at radius 1 is 1.80 bits per heavy atom. The Hall–Kier alpha value is -0.170. The first-order valence-electron chi connectivity index (χ1n) is 2.63. The first-order valence-corrected chi connectivity index (χ1v) is 3.71. The number of aliphatic imine (C=N–C) groups is 1. The molecule has 0 bridgehead atoms. The van der Waals surface area contributed by atoms with Gasteiger partial charge in [-0.2, -0.15) is 0 Å². The van der Waals surface area contributed by atoms with Crippen molar-refractivity contribution in [2.75, 3.05) is 20.9 Å². The SMILES string of the molecule is CNC(=O)C(I)=NCOC. The van der Waals surface area contributed by atoms with E-state index in [2.05, 4.69) is 15.0 Å². The summed E-state index contributed by atoms with van der Waals surface area (Å²) in [5, 5.41) is 2.44. The molecule has 0 aliphatic heterocycles. The molecule has 0 aromatic rings. The summed E-state index contributed by atoms with van der Waals surface area (Å²) in [6.45, 7) is 0.228. The molecule has 5 heteroatoms. The number of hydrogen-bond acceptors (Lipinski definition) is 3. The zero-order valence-corrected chi connectivity index (χ0v) is 8.01. The standard InChI is InChI=1S/C5H9IN2O2/c1-7-5(9)4(6)8-3-10-2/h3H2,1-2H3,(H,7,9). The van der Waals surface area contributed by atoms with Crippen molar-refractivity contribution in [3.63, 3.8) is 0 Å². The fourth-order valence-corrected chi connectivity index (χ4v) is 0.705. The highest BCUT2D eigenvalue weighted by Gasteiger charge is 2.01. The van der Waals surface area contributed by atoms with Crippen molar-refractivity contribution >= 4 is 32.2 Å². The lowest BCUT2D eigenvalue weighted by molar-refractivity contribution is -0.114. The summed E-state index contributed by atoms with van der Waals surface area (Å²) >= 11 is 1.85. The molecular formula is C5H9IN2O2. The van der Waals surface area contributed by atoms with Crippen molar-refractivity contribution in [1.82, 2.24) is 5.32 Å². The van der Waals surface area contributed by atoms with E-state index < -0.39 is 0 Å². The summed E-state index contributed by atoms with van der Waals surface area (Å²) in [7, 11) is 3.08. The number of halogens is 1. The number of nitrogens with one attached hydrogen (secondary N) is 1. The van der Waals surface area contributed by atoms with Gasteiger partial charge in [0.1, 0.15) is 6.73 Å². The van der Waals surface area contributed by atoms with Gasteiger partial charge in [0, 0.05) is 14.2 Å². The van der Waals surface area contributed by atoms with Gasteiger partial charge in [-0.15, -0.1) is 0 Å². The van der Waals surface area contributed by atoms with E-state index in [0.29, 0.717) is 3.72 Å². The molecule has 0 aromatic carbocycles. The number of carbonyl (C=O) groups excluding carboxylic acids is 1. The quantitative estimate of drug-likeness (QED) is 0.578.